The first-order valence-electron chi connectivity index (χ1n) is 4.52. The van der Waals surface area contributed by atoms with Crippen molar-refractivity contribution in [1.29, 1.82) is 0 Å². The number of hydrogen-bond donors (Lipinski definition) is 1. The van der Waals surface area contributed by atoms with Gasteiger partial charge in [-0.15, -0.1) is 0 Å². The number of carbonyl (C=O) groups excluding carboxylic acids is 1. The fourth-order valence-electron chi connectivity index (χ4n) is 1.10. The molecule has 0 aromatic carbocycles. The van der Waals surface area contributed by atoms with Crippen molar-refractivity contribution in [2.45, 2.75) is 26.3 Å². The highest BCUT2D eigenvalue weighted by Gasteiger charge is 2.32. The maximum atomic E-state index is 11.4. The number of methoxy groups -OCH3 is 1. The van der Waals surface area contributed by atoms with Crippen molar-refractivity contribution in [3.05, 3.63) is 0 Å². The van der Waals surface area contributed by atoms with E-state index in [0.717, 1.165) is 18.1 Å². The molecule has 0 aromatic heterocycles. The molecule has 0 heterocycles. The Morgan fingerprint density at radius 2 is 2.15 bits per heavy atom. The molecule has 13 heavy (non-hydrogen) atoms. The topological polar surface area (TPSA) is 38.3 Å². The molecule has 1 N–H and O–H groups in total. The minimum absolute atomic E-state index is 0.185. The van der Waals surface area contributed by atoms with Crippen LogP contribution in [0.25, 0.3) is 0 Å². The molecule has 0 aromatic rings. The third-order valence-corrected chi connectivity index (χ3v) is 2.99. The molecule has 3 nitrogen and oxygen atoms in total. The number of thioether (sulfide) groups is 1. The quantitative estimate of drug-likeness (QED) is 0.663. The van der Waals surface area contributed by atoms with E-state index >= 15 is 0 Å². The largest absolute Gasteiger partial charge is 0.468 e. The second-order valence-electron chi connectivity index (χ2n) is 2.99. The summed E-state index contributed by atoms with van der Waals surface area (Å²) in [6.45, 7) is 6.72. The number of likely N-dealkylation sites (N-methyl/N-ethyl adjacent to an activating group) is 1. The van der Waals surface area contributed by atoms with Crippen molar-refractivity contribution in [2.75, 3.05) is 25.2 Å². The molecular formula is C9H19NO2S. The van der Waals surface area contributed by atoms with Gasteiger partial charge in [0.25, 0.3) is 0 Å². The lowest BCUT2D eigenvalue weighted by atomic mass is 10.1. The van der Waals surface area contributed by atoms with Crippen LogP contribution in [-0.2, 0) is 9.53 Å². The van der Waals surface area contributed by atoms with E-state index in [-0.39, 0.29) is 5.97 Å². The lowest BCUT2D eigenvalue weighted by Gasteiger charge is -2.26. The lowest BCUT2D eigenvalue weighted by Crippen LogP contribution is -2.52. The van der Waals surface area contributed by atoms with E-state index < -0.39 is 5.54 Å². The van der Waals surface area contributed by atoms with Crippen LogP contribution in [0.2, 0.25) is 0 Å². The summed E-state index contributed by atoms with van der Waals surface area (Å²) in [6, 6.07) is 0. The molecule has 1 unspecified atom stereocenters. The van der Waals surface area contributed by atoms with Gasteiger partial charge in [0.1, 0.15) is 5.54 Å². The van der Waals surface area contributed by atoms with Crippen LogP contribution in [0.4, 0.5) is 0 Å². The van der Waals surface area contributed by atoms with Gasteiger partial charge in [0.2, 0.25) is 0 Å². The smallest absolute Gasteiger partial charge is 0.326 e. The van der Waals surface area contributed by atoms with Gasteiger partial charge in [-0.1, -0.05) is 13.8 Å². The molecule has 0 radical (unpaired) electrons. The van der Waals surface area contributed by atoms with E-state index in [9.17, 15) is 4.79 Å². The summed E-state index contributed by atoms with van der Waals surface area (Å²) >= 11 is 1.74. The molecule has 0 aliphatic carbocycles. The summed E-state index contributed by atoms with van der Waals surface area (Å²) in [5.74, 6) is 1.58. The van der Waals surface area contributed by atoms with Crippen molar-refractivity contribution in [3.63, 3.8) is 0 Å². The van der Waals surface area contributed by atoms with E-state index in [1.807, 2.05) is 13.8 Å². The van der Waals surface area contributed by atoms with Gasteiger partial charge in [-0.2, -0.15) is 11.8 Å². The Kier molecular flexibility index (Phi) is 6.16. The zero-order valence-corrected chi connectivity index (χ0v) is 9.66. The first-order chi connectivity index (χ1) is 6.10. The average molecular weight is 205 g/mol. The maximum Gasteiger partial charge on any atom is 0.326 e. The Balaban J connectivity index is 4.23. The van der Waals surface area contributed by atoms with Gasteiger partial charge in [-0.25, -0.2) is 0 Å². The van der Waals surface area contributed by atoms with Crippen molar-refractivity contribution in [3.8, 4) is 0 Å². The third kappa shape index (κ3) is 4.00. The number of ether oxygens (including phenoxy) is 1. The highest BCUT2D eigenvalue weighted by Crippen LogP contribution is 2.14. The Morgan fingerprint density at radius 3 is 2.54 bits per heavy atom. The fourth-order valence-corrected chi connectivity index (χ4v) is 1.94. The molecule has 0 aliphatic rings. The van der Waals surface area contributed by atoms with Gasteiger partial charge in [0.05, 0.1) is 7.11 Å². The standard InChI is InChI=1S/C9H19NO2S/c1-5-10-9(3,7-13-6-2)8(11)12-4/h10H,5-7H2,1-4H3. The van der Waals surface area contributed by atoms with Crippen LogP contribution in [0, 0.1) is 0 Å². The van der Waals surface area contributed by atoms with Crippen LogP contribution >= 0.6 is 11.8 Å². The minimum Gasteiger partial charge on any atom is -0.468 e. The molecule has 0 saturated carbocycles. The summed E-state index contributed by atoms with van der Waals surface area (Å²) in [5.41, 5.74) is -0.538. The summed E-state index contributed by atoms with van der Waals surface area (Å²) in [6.07, 6.45) is 0. The molecule has 0 fully saturated rings. The normalized spacial score (nSPS) is 15.1. The van der Waals surface area contributed by atoms with Crippen LogP contribution in [-0.4, -0.2) is 36.7 Å². The van der Waals surface area contributed by atoms with E-state index in [1.165, 1.54) is 7.11 Å². The molecule has 0 saturated heterocycles. The Labute approximate surface area is 84.6 Å². The average Bonchev–Trinajstić information content (AvgIpc) is 2.14. The van der Waals surface area contributed by atoms with Crippen LogP contribution in [0.1, 0.15) is 20.8 Å². The summed E-state index contributed by atoms with van der Waals surface area (Å²) in [7, 11) is 1.43. The van der Waals surface area contributed by atoms with Gasteiger partial charge in [0.15, 0.2) is 0 Å². The van der Waals surface area contributed by atoms with Crippen LogP contribution < -0.4 is 5.32 Å². The molecule has 78 valence electrons. The Morgan fingerprint density at radius 1 is 1.54 bits per heavy atom. The first kappa shape index (κ1) is 12.8. The predicted octanol–water partition coefficient (Wildman–Crippen LogP) is 1.28. The highest BCUT2D eigenvalue weighted by molar-refractivity contribution is 7.99. The predicted molar refractivity (Wildman–Crippen MR) is 57.1 cm³/mol. The van der Waals surface area contributed by atoms with Gasteiger partial charge in [-0.3, -0.25) is 4.79 Å². The third-order valence-electron chi connectivity index (χ3n) is 1.80. The van der Waals surface area contributed by atoms with Crippen molar-refractivity contribution < 1.29 is 9.53 Å². The lowest BCUT2D eigenvalue weighted by molar-refractivity contribution is -0.146. The Hall–Kier alpha value is -0.220. The molecular weight excluding hydrogens is 186 g/mol. The molecule has 0 bridgehead atoms. The highest BCUT2D eigenvalue weighted by atomic mass is 32.2. The Bertz CT molecular complexity index is 164. The van der Waals surface area contributed by atoms with E-state index in [1.54, 1.807) is 11.8 Å². The van der Waals surface area contributed by atoms with Crippen molar-refractivity contribution in [2.24, 2.45) is 0 Å². The molecule has 0 amide bonds. The second kappa shape index (κ2) is 6.27. The van der Waals surface area contributed by atoms with Crippen LogP contribution in [0.5, 0.6) is 0 Å². The van der Waals surface area contributed by atoms with E-state index in [2.05, 4.69) is 12.2 Å². The van der Waals surface area contributed by atoms with Gasteiger partial charge in [0, 0.05) is 5.75 Å². The number of rotatable bonds is 6. The second-order valence-corrected chi connectivity index (χ2v) is 4.27. The summed E-state index contributed by atoms with van der Waals surface area (Å²) in [5, 5.41) is 3.15. The van der Waals surface area contributed by atoms with Crippen molar-refractivity contribution in [1.82, 2.24) is 5.32 Å². The number of esters is 1. The van der Waals surface area contributed by atoms with Crippen LogP contribution in [0.3, 0.4) is 0 Å². The molecule has 0 aliphatic heterocycles. The first-order valence-corrected chi connectivity index (χ1v) is 5.67. The molecule has 1 atom stereocenters. The monoisotopic (exact) mass is 205 g/mol. The van der Waals surface area contributed by atoms with Gasteiger partial charge in [-0.05, 0) is 19.2 Å². The fraction of sp³-hybridized carbons (Fsp3) is 0.889. The molecule has 0 rings (SSSR count). The van der Waals surface area contributed by atoms with E-state index in [0.29, 0.717) is 0 Å². The zero-order valence-electron chi connectivity index (χ0n) is 8.85. The van der Waals surface area contributed by atoms with Gasteiger partial charge >= 0.3 is 5.97 Å². The summed E-state index contributed by atoms with van der Waals surface area (Å²) in [4.78, 5) is 11.4. The van der Waals surface area contributed by atoms with Crippen LogP contribution in [0.15, 0.2) is 0 Å². The number of carbonyl (C=O) groups is 1. The molecule has 0 spiro atoms. The summed E-state index contributed by atoms with van der Waals surface area (Å²) < 4.78 is 4.75. The van der Waals surface area contributed by atoms with E-state index in [4.69, 9.17) is 4.74 Å². The zero-order chi connectivity index (χ0) is 10.3. The SMILES string of the molecule is CCNC(C)(CSCC)C(=O)OC. The number of nitrogens with one attached hydrogen (secondary N) is 1. The van der Waals surface area contributed by atoms with Crippen molar-refractivity contribution >= 4 is 17.7 Å². The van der Waals surface area contributed by atoms with Gasteiger partial charge < -0.3 is 10.1 Å². The maximum absolute atomic E-state index is 11.4. The molecule has 4 heteroatoms. The number of hydrogen-bond acceptors (Lipinski definition) is 4. The minimum atomic E-state index is -0.538.